The number of hydrogen-bond donors (Lipinski definition) is 2. The summed E-state index contributed by atoms with van der Waals surface area (Å²) in [5, 5.41) is 16.8. The zero-order valence-corrected chi connectivity index (χ0v) is 16.6. The molecular weight excluding hydrogens is 464 g/mol. The molecule has 10 heteroatoms. The van der Waals surface area contributed by atoms with Gasteiger partial charge >= 0.3 is 6.18 Å². The van der Waals surface area contributed by atoms with Crippen LogP contribution >= 0.6 is 24.0 Å². The van der Waals surface area contributed by atoms with Gasteiger partial charge in [-0.15, -0.1) is 24.0 Å². The summed E-state index contributed by atoms with van der Waals surface area (Å²) >= 11 is 0. The first-order valence-electron chi connectivity index (χ1n) is 8.07. The second kappa shape index (κ2) is 9.93. The maximum absolute atomic E-state index is 12.9. The van der Waals surface area contributed by atoms with E-state index in [1.807, 2.05) is 0 Å². The zero-order chi connectivity index (χ0) is 18.4. The van der Waals surface area contributed by atoms with E-state index in [9.17, 15) is 23.3 Å². The fraction of sp³-hybridized carbons (Fsp3) is 0.562. The van der Waals surface area contributed by atoms with Gasteiger partial charge in [-0.2, -0.15) is 13.2 Å². The third kappa shape index (κ3) is 6.61. The normalized spacial score (nSPS) is 20.8. The Bertz CT molecular complexity index is 640. The molecule has 146 valence electrons. The summed E-state index contributed by atoms with van der Waals surface area (Å²) in [4.78, 5) is 14.3. The molecule has 2 rings (SSSR count). The molecule has 2 unspecified atom stereocenters. The summed E-state index contributed by atoms with van der Waals surface area (Å²) in [5.41, 5.74) is 0.677. The largest absolute Gasteiger partial charge is 0.391 e. The fourth-order valence-corrected chi connectivity index (χ4v) is 2.97. The van der Waals surface area contributed by atoms with Crippen molar-refractivity contribution >= 4 is 35.6 Å². The van der Waals surface area contributed by atoms with Gasteiger partial charge in [0.05, 0.1) is 10.8 Å². The smallest absolute Gasteiger partial charge is 0.354 e. The molecule has 0 heterocycles. The molecule has 1 aliphatic rings. The predicted molar refractivity (Wildman–Crippen MR) is 104 cm³/mol. The summed E-state index contributed by atoms with van der Waals surface area (Å²) in [6.45, 7) is 0.288. The van der Waals surface area contributed by atoms with E-state index in [0.29, 0.717) is 24.4 Å². The van der Waals surface area contributed by atoms with Crippen LogP contribution in [0.25, 0.3) is 0 Å². The minimum Gasteiger partial charge on any atom is -0.354 e. The Morgan fingerprint density at radius 2 is 2.12 bits per heavy atom. The number of non-ortho nitro benzene ring substituents is 1. The zero-order valence-electron chi connectivity index (χ0n) is 14.3. The minimum absolute atomic E-state index is 0. The van der Waals surface area contributed by atoms with Crippen LogP contribution in [0.3, 0.4) is 0 Å². The number of hydrogen-bond acceptors (Lipinski definition) is 3. The van der Waals surface area contributed by atoms with Crippen molar-refractivity contribution in [2.24, 2.45) is 10.9 Å². The molecule has 0 amide bonds. The number of rotatable bonds is 4. The molecule has 0 aromatic heterocycles. The monoisotopic (exact) mass is 486 g/mol. The molecule has 0 aliphatic heterocycles. The van der Waals surface area contributed by atoms with Crippen molar-refractivity contribution in [3.05, 3.63) is 39.9 Å². The molecule has 1 aliphatic carbocycles. The van der Waals surface area contributed by atoms with E-state index in [0.717, 1.165) is 0 Å². The highest BCUT2D eigenvalue weighted by Gasteiger charge is 2.42. The lowest BCUT2D eigenvalue weighted by molar-refractivity contribution is -0.384. The van der Waals surface area contributed by atoms with Crippen molar-refractivity contribution in [1.29, 1.82) is 0 Å². The Morgan fingerprint density at radius 1 is 1.38 bits per heavy atom. The van der Waals surface area contributed by atoms with Crippen molar-refractivity contribution in [2.45, 2.75) is 44.4 Å². The Balaban J connectivity index is 0.00000338. The first kappa shape index (κ1) is 22.5. The van der Waals surface area contributed by atoms with E-state index in [2.05, 4.69) is 15.6 Å². The molecular formula is C16H22F3IN4O2. The van der Waals surface area contributed by atoms with Crippen LogP contribution in [0.4, 0.5) is 18.9 Å². The minimum atomic E-state index is -4.17. The number of benzene rings is 1. The first-order valence-corrected chi connectivity index (χ1v) is 8.07. The predicted octanol–water partition coefficient (Wildman–Crippen LogP) is 4.00. The Morgan fingerprint density at radius 3 is 2.73 bits per heavy atom. The SMILES string of the molecule is CN=C(NCc1cccc([N+](=O)[O-])c1)NC1CCCC(C(F)(F)F)C1.I. The second-order valence-electron chi connectivity index (χ2n) is 6.10. The van der Waals surface area contributed by atoms with Crippen LogP contribution < -0.4 is 10.6 Å². The van der Waals surface area contributed by atoms with Crippen LogP contribution in [-0.2, 0) is 6.54 Å². The number of aliphatic imine (C=N–C) groups is 1. The average Bonchev–Trinajstić information content (AvgIpc) is 2.58. The highest BCUT2D eigenvalue weighted by Crippen LogP contribution is 2.37. The van der Waals surface area contributed by atoms with Gasteiger partial charge in [0.25, 0.3) is 5.69 Å². The lowest BCUT2D eigenvalue weighted by Gasteiger charge is -2.31. The molecule has 0 saturated heterocycles. The summed E-state index contributed by atoms with van der Waals surface area (Å²) in [5.74, 6) is -0.895. The van der Waals surface area contributed by atoms with Crippen LogP contribution in [0.1, 0.15) is 31.2 Å². The number of nitro groups is 1. The van der Waals surface area contributed by atoms with Gasteiger partial charge in [-0.3, -0.25) is 15.1 Å². The Kier molecular flexibility index (Phi) is 8.57. The third-order valence-electron chi connectivity index (χ3n) is 4.28. The van der Waals surface area contributed by atoms with Crippen molar-refractivity contribution in [2.75, 3.05) is 7.05 Å². The van der Waals surface area contributed by atoms with Crippen LogP contribution in [0.5, 0.6) is 0 Å². The number of nitrogens with zero attached hydrogens (tertiary/aromatic N) is 2. The van der Waals surface area contributed by atoms with Gasteiger partial charge in [-0.05, 0) is 24.8 Å². The van der Waals surface area contributed by atoms with Crippen LogP contribution in [-0.4, -0.2) is 30.1 Å². The molecule has 2 N–H and O–H groups in total. The van der Waals surface area contributed by atoms with Crippen LogP contribution in [0.15, 0.2) is 29.3 Å². The van der Waals surface area contributed by atoms with Gasteiger partial charge in [0, 0.05) is 31.8 Å². The van der Waals surface area contributed by atoms with Crippen LogP contribution in [0.2, 0.25) is 0 Å². The second-order valence-corrected chi connectivity index (χ2v) is 6.10. The van der Waals surface area contributed by atoms with E-state index < -0.39 is 17.0 Å². The molecule has 0 spiro atoms. The van der Waals surface area contributed by atoms with Gasteiger partial charge < -0.3 is 10.6 Å². The number of guanidine groups is 1. The summed E-state index contributed by atoms with van der Waals surface area (Å²) in [6, 6.07) is 5.86. The van der Waals surface area contributed by atoms with Crippen molar-refractivity contribution in [1.82, 2.24) is 10.6 Å². The third-order valence-corrected chi connectivity index (χ3v) is 4.28. The number of halogens is 4. The first-order chi connectivity index (χ1) is 11.8. The molecule has 1 saturated carbocycles. The highest BCUT2D eigenvalue weighted by molar-refractivity contribution is 14.0. The number of nitro benzene ring substituents is 1. The summed E-state index contributed by atoms with van der Waals surface area (Å²) in [6.07, 6.45) is -2.80. The van der Waals surface area contributed by atoms with E-state index in [1.165, 1.54) is 19.2 Å². The molecule has 0 radical (unpaired) electrons. The topological polar surface area (TPSA) is 79.6 Å². The Labute approximate surface area is 166 Å². The highest BCUT2D eigenvalue weighted by atomic mass is 127. The Hall–Kier alpha value is -1.59. The average molecular weight is 486 g/mol. The molecule has 1 aromatic carbocycles. The lowest BCUT2D eigenvalue weighted by Crippen LogP contribution is -2.46. The van der Waals surface area contributed by atoms with E-state index in [4.69, 9.17) is 0 Å². The van der Waals surface area contributed by atoms with Crippen molar-refractivity contribution in [3.8, 4) is 0 Å². The maximum Gasteiger partial charge on any atom is 0.391 e. The van der Waals surface area contributed by atoms with E-state index >= 15 is 0 Å². The van der Waals surface area contributed by atoms with Crippen LogP contribution in [0, 0.1) is 16.0 Å². The van der Waals surface area contributed by atoms with Gasteiger partial charge in [-0.25, -0.2) is 0 Å². The van der Waals surface area contributed by atoms with Gasteiger partial charge in [-0.1, -0.05) is 18.6 Å². The molecule has 6 nitrogen and oxygen atoms in total. The molecule has 26 heavy (non-hydrogen) atoms. The molecule has 0 bridgehead atoms. The summed E-state index contributed by atoms with van der Waals surface area (Å²) in [7, 11) is 1.53. The van der Waals surface area contributed by atoms with Gasteiger partial charge in [0.2, 0.25) is 0 Å². The molecule has 1 fully saturated rings. The number of nitrogens with one attached hydrogen (secondary N) is 2. The lowest BCUT2D eigenvalue weighted by atomic mass is 9.85. The number of alkyl halides is 3. The quantitative estimate of drug-likeness (QED) is 0.222. The van der Waals surface area contributed by atoms with E-state index in [-0.39, 0.29) is 55.1 Å². The molecule has 1 aromatic rings. The molecule has 2 atom stereocenters. The maximum atomic E-state index is 12.9. The standard InChI is InChI=1S/C16H21F3N4O2.HI/c1-20-15(21-10-11-4-2-7-14(8-11)23(24)25)22-13-6-3-5-12(9-13)16(17,18)19;/h2,4,7-8,12-13H,3,5-6,9-10H2,1H3,(H2,20,21,22);1H. The van der Waals surface area contributed by atoms with E-state index in [1.54, 1.807) is 12.1 Å². The van der Waals surface area contributed by atoms with Gasteiger partial charge in [0.15, 0.2) is 5.96 Å². The van der Waals surface area contributed by atoms with Crippen molar-refractivity contribution in [3.63, 3.8) is 0 Å². The van der Waals surface area contributed by atoms with Crippen molar-refractivity contribution < 1.29 is 18.1 Å². The fourth-order valence-electron chi connectivity index (χ4n) is 2.97. The van der Waals surface area contributed by atoms with Gasteiger partial charge in [0.1, 0.15) is 0 Å². The summed E-state index contributed by atoms with van der Waals surface area (Å²) < 4.78 is 38.6.